The van der Waals surface area contributed by atoms with Gasteiger partial charge in [-0.1, -0.05) is 84.9 Å². The smallest absolute Gasteiger partial charge is 0.240 e. The number of benzene rings is 3. The highest BCUT2D eigenvalue weighted by Crippen LogP contribution is 2.04. The average Bonchev–Trinajstić information content (AvgIpc) is 2.84. The topological polar surface area (TPSA) is 82.9 Å². The third-order valence-corrected chi connectivity index (χ3v) is 4.71. The Labute approximate surface area is 188 Å². The number of hydrogen-bond donors (Lipinski definition) is 2. The summed E-state index contributed by atoms with van der Waals surface area (Å²) in [6, 6.07) is 27.2. The average molecular weight is 427 g/mol. The summed E-state index contributed by atoms with van der Waals surface area (Å²) >= 11 is 0. The summed E-state index contributed by atoms with van der Waals surface area (Å²) in [5, 5.41) is 8.00. The Hall–Kier alpha value is -4.06. The van der Waals surface area contributed by atoms with Crippen LogP contribution >= 0.6 is 0 Å². The van der Waals surface area contributed by atoms with Gasteiger partial charge in [-0.3, -0.25) is 9.59 Å². The lowest BCUT2D eigenvalue weighted by Gasteiger charge is -2.01. The molecule has 3 aromatic carbocycles. The zero-order valence-electron chi connectivity index (χ0n) is 17.8. The maximum absolute atomic E-state index is 11.9. The Morgan fingerprint density at radius 3 is 1.34 bits per heavy atom. The molecular weight excluding hydrogens is 400 g/mol. The number of nitrogens with one attached hydrogen (secondary N) is 2. The molecule has 6 heteroatoms. The number of aryl methyl sites for hydroxylation is 2. The highest BCUT2D eigenvalue weighted by molar-refractivity contribution is 5.86. The standard InChI is InChI=1S/C26H26N4O2/c31-25(17-15-21-7-3-1-4-8-21)29-27-19-23-11-13-24(14-12-23)20-28-30-26(32)18-16-22-9-5-2-6-10-22/h1-14,19-20H,15-18H2,(H,29,31)(H,30,32)/b27-19-,28-20-. The maximum Gasteiger partial charge on any atom is 0.240 e. The Balaban J connectivity index is 1.36. The van der Waals surface area contributed by atoms with E-state index in [4.69, 9.17) is 0 Å². The van der Waals surface area contributed by atoms with Gasteiger partial charge < -0.3 is 0 Å². The minimum atomic E-state index is -0.128. The van der Waals surface area contributed by atoms with Gasteiger partial charge in [-0.2, -0.15) is 10.2 Å². The van der Waals surface area contributed by atoms with Crippen molar-refractivity contribution in [3.05, 3.63) is 107 Å². The monoisotopic (exact) mass is 426 g/mol. The van der Waals surface area contributed by atoms with Crippen LogP contribution in [0, 0.1) is 0 Å². The van der Waals surface area contributed by atoms with Crippen LogP contribution in [0.3, 0.4) is 0 Å². The first-order valence-electron chi connectivity index (χ1n) is 10.5. The first-order valence-corrected chi connectivity index (χ1v) is 10.5. The Bertz CT molecular complexity index is 960. The van der Waals surface area contributed by atoms with E-state index in [0.717, 1.165) is 22.3 Å². The molecule has 6 nitrogen and oxygen atoms in total. The zero-order chi connectivity index (χ0) is 22.4. The first-order chi connectivity index (χ1) is 15.7. The second-order valence-corrected chi connectivity index (χ2v) is 7.22. The lowest BCUT2D eigenvalue weighted by molar-refractivity contribution is -0.121. The van der Waals surface area contributed by atoms with Gasteiger partial charge in [-0.15, -0.1) is 0 Å². The number of hydrazone groups is 2. The van der Waals surface area contributed by atoms with Gasteiger partial charge in [-0.05, 0) is 35.1 Å². The predicted octanol–water partition coefficient (Wildman–Crippen LogP) is 3.85. The van der Waals surface area contributed by atoms with E-state index in [1.807, 2.05) is 84.9 Å². The van der Waals surface area contributed by atoms with Gasteiger partial charge in [0.05, 0.1) is 12.4 Å². The van der Waals surface area contributed by atoms with Crippen molar-refractivity contribution in [1.29, 1.82) is 0 Å². The van der Waals surface area contributed by atoms with E-state index in [1.54, 1.807) is 12.4 Å². The number of carbonyl (C=O) groups is 2. The number of hydrogen-bond acceptors (Lipinski definition) is 4. The van der Waals surface area contributed by atoms with Crippen LogP contribution in [0.4, 0.5) is 0 Å². The van der Waals surface area contributed by atoms with Crippen molar-refractivity contribution in [3.8, 4) is 0 Å². The van der Waals surface area contributed by atoms with Gasteiger partial charge in [0.1, 0.15) is 0 Å². The minimum Gasteiger partial charge on any atom is -0.273 e. The number of rotatable bonds is 10. The lowest BCUT2D eigenvalue weighted by atomic mass is 10.1. The van der Waals surface area contributed by atoms with E-state index in [1.165, 1.54) is 0 Å². The van der Waals surface area contributed by atoms with Crippen molar-refractivity contribution in [2.75, 3.05) is 0 Å². The van der Waals surface area contributed by atoms with Crippen LogP contribution in [0.1, 0.15) is 35.1 Å². The molecule has 0 fully saturated rings. The van der Waals surface area contributed by atoms with Crippen molar-refractivity contribution in [2.24, 2.45) is 10.2 Å². The van der Waals surface area contributed by atoms with Gasteiger partial charge in [0.25, 0.3) is 0 Å². The second kappa shape index (κ2) is 12.6. The Morgan fingerprint density at radius 1 is 0.594 bits per heavy atom. The highest BCUT2D eigenvalue weighted by atomic mass is 16.2. The normalized spacial score (nSPS) is 11.0. The van der Waals surface area contributed by atoms with E-state index in [-0.39, 0.29) is 11.8 Å². The van der Waals surface area contributed by atoms with E-state index in [0.29, 0.717) is 25.7 Å². The fourth-order valence-corrected chi connectivity index (χ4v) is 2.94. The summed E-state index contributed by atoms with van der Waals surface area (Å²) in [7, 11) is 0. The van der Waals surface area contributed by atoms with Crippen LogP contribution in [-0.4, -0.2) is 24.2 Å². The molecule has 2 N–H and O–H groups in total. The maximum atomic E-state index is 11.9. The molecule has 0 spiro atoms. The fourth-order valence-electron chi connectivity index (χ4n) is 2.94. The van der Waals surface area contributed by atoms with E-state index >= 15 is 0 Å². The van der Waals surface area contributed by atoms with Gasteiger partial charge in [0, 0.05) is 12.8 Å². The molecule has 0 saturated carbocycles. The molecule has 162 valence electrons. The molecule has 0 aliphatic heterocycles. The van der Waals surface area contributed by atoms with E-state index in [2.05, 4.69) is 21.1 Å². The third kappa shape index (κ3) is 8.36. The Kier molecular flexibility index (Phi) is 8.90. The zero-order valence-corrected chi connectivity index (χ0v) is 17.8. The molecule has 0 bridgehead atoms. The third-order valence-electron chi connectivity index (χ3n) is 4.71. The first kappa shape index (κ1) is 22.6. The molecule has 0 aliphatic carbocycles. The van der Waals surface area contributed by atoms with Crippen LogP contribution in [0.2, 0.25) is 0 Å². The van der Waals surface area contributed by atoms with Gasteiger partial charge in [0.2, 0.25) is 11.8 Å². The molecule has 0 atom stereocenters. The summed E-state index contributed by atoms with van der Waals surface area (Å²) in [4.78, 5) is 23.8. The predicted molar refractivity (Wildman–Crippen MR) is 127 cm³/mol. The molecule has 0 saturated heterocycles. The molecule has 32 heavy (non-hydrogen) atoms. The van der Waals surface area contributed by atoms with E-state index < -0.39 is 0 Å². The van der Waals surface area contributed by atoms with Gasteiger partial charge >= 0.3 is 0 Å². The van der Waals surface area contributed by atoms with Crippen LogP contribution in [0.25, 0.3) is 0 Å². The molecule has 3 rings (SSSR count). The van der Waals surface area contributed by atoms with Crippen molar-refractivity contribution >= 4 is 24.2 Å². The molecule has 0 radical (unpaired) electrons. The summed E-state index contributed by atoms with van der Waals surface area (Å²) < 4.78 is 0. The van der Waals surface area contributed by atoms with Crippen molar-refractivity contribution in [1.82, 2.24) is 10.9 Å². The number of amides is 2. The summed E-state index contributed by atoms with van der Waals surface area (Å²) in [6.45, 7) is 0. The highest BCUT2D eigenvalue weighted by Gasteiger charge is 2.01. The SMILES string of the molecule is O=C(CCc1ccccc1)N/N=C\c1ccc(/C=N\NC(=O)CCc2ccccc2)cc1. The summed E-state index contributed by atoms with van der Waals surface area (Å²) in [6.07, 6.45) is 5.30. The summed E-state index contributed by atoms with van der Waals surface area (Å²) in [5.41, 5.74) is 9.02. The van der Waals surface area contributed by atoms with Crippen molar-refractivity contribution in [3.63, 3.8) is 0 Å². The van der Waals surface area contributed by atoms with E-state index in [9.17, 15) is 9.59 Å². The molecule has 2 amide bonds. The van der Waals surface area contributed by atoms with Crippen LogP contribution < -0.4 is 10.9 Å². The fraction of sp³-hybridized carbons (Fsp3) is 0.154. The largest absolute Gasteiger partial charge is 0.273 e. The van der Waals surface area contributed by atoms with Crippen LogP contribution in [0.15, 0.2) is 95.1 Å². The van der Waals surface area contributed by atoms with Gasteiger partial charge in [-0.25, -0.2) is 10.9 Å². The molecule has 0 aliphatic rings. The lowest BCUT2D eigenvalue weighted by Crippen LogP contribution is -2.18. The van der Waals surface area contributed by atoms with Crippen LogP contribution in [-0.2, 0) is 22.4 Å². The molecule has 0 unspecified atom stereocenters. The minimum absolute atomic E-state index is 0.128. The molecule has 3 aromatic rings. The molecule has 0 heterocycles. The van der Waals surface area contributed by atoms with Crippen molar-refractivity contribution < 1.29 is 9.59 Å². The van der Waals surface area contributed by atoms with Crippen molar-refractivity contribution in [2.45, 2.75) is 25.7 Å². The number of nitrogens with zero attached hydrogens (tertiary/aromatic N) is 2. The van der Waals surface area contributed by atoms with Crippen LogP contribution in [0.5, 0.6) is 0 Å². The second-order valence-electron chi connectivity index (χ2n) is 7.22. The molecule has 0 aromatic heterocycles. The quantitative estimate of drug-likeness (QED) is 0.381. The Morgan fingerprint density at radius 2 is 0.969 bits per heavy atom. The number of carbonyl (C=O) groups excluding carboxylic acids is 2. The molecular formula is C26H26N4O2. The van der Waals surface area contributed by atoms with Gasteiger partial charge in [0.15, 0.2) is 0 Å². The summed E-state index contributed by atoms with van der Waals surface area (Å²) in [5.74, 6) is -0.256.